The van der Waals surface area contributed by atoms with Gasteiger partial charge < -0.3 is 15.5 Å². The van der Waals surface area contributed by atoms with Crippen molar-refractivity contribution < 1.29 is 24.6 Å². The minimum atomic E-state index is -1.28. The first-order chi connectivity index (χ1) is 16.1. The molecule has 0 saturated heterocycles. The normalized spacial score (nSPS) is 11.6. The molecular formula is C23H19Cl2N3O6. The number of aromatic nitrogens is 2. The van der Waals surface area contributed by atoms with E-state index >= 15 is 0 Å². The van der Waals surface area contributed by atoms with Crippen molar-refractivity contribution in [1.82, 2.24) is 15.1 Å². The number of aryl methyl sites for hydroxylation is 1. The van der Waals surface area contributed by atoms with E-state index in [1.807, 2.05) is 0 Å². The Morgan fingerprint density at radius 3 is 2.24 bits per heavy atom. The van der Waals surface area contributed by atoms with Crippen molar-refractivity contribution in [2.75, 3.05) is 0 Å². The van der Waals surface area contributed by atoms with Crippen molar-refractivity contribution >= 4 is 41.0 Å². The van der Waals surface area contributed by atoms with Gasteiger partial charge in [0.1, 0.15) is 6.04 Å². The minimum absolute atomic E-state index is 0.0214. The zero-order valence-corrected chi connectivity index (χ0v) is 19.3. The number of carboxylic acids is 2. The van der Waals surface area contributed by atoms with Crippen LogP contribution >= 0.6 is 23.2 Å². The van der Waals surface area contributed by atoms with E-state index in [1.165, 1.54) is 25.4 Å². The zero-order valence-electron chi connectivity index (χ0n) is 17.8. The quantitative estimate of drug-likeness (QED) is 0.429. The number of carbonyl (C=O) groups is 3. The summed E-state index contributed by atoms with van der Waals surface area (Å²) in [6.45, 7) is 0. The van der Waals surface area contributed by atoms with Crippen molar-refractivity contribution in [3.63, 3.8) is 0 Å². The standard InChI is InChI=1S/C23H19Cl2N3O6/c1-28-22(32)19(14(11-26-28)10-18(29)30)13-7-5-12(6-8-13)9-17(23(33)34)27-21(31)20-15(24)3-2-4-16(20)25/h2-8,11,17H,9-10H2,1H3,(H,27,31)(H,29,30)(H,33,34)/t17-/m0/s1. The second-order valence-electron chi connectivity index (χ2n) is 7.41. The molecule has 3 N–H and O–H groups in total. The van der Waals surface area contributed by atoms with E-state index in [2.05, 4.69) is 10.4 Å². The molecule has 1 amide bonds. The van der Waals surface area contributed by atoms with Crippen LogP contribution in [0.2, 0.25) is 10.0 Å². The molecular weight excluding hydrogens is 485 g/mol. The highest BCUT2D eigenvalue weighted by Gasteiger charge is 2.24. The Kier molecular flexibility index (Phi) is 7.70. The summed E-state index contributed by atoms with van der Waals surface area (Å²) in [5.41, 5.74) is 0.999. The fourth-order valence-electron chi connectivity index (χ4n) is 3.37. The van der Waals surface area contributed by atoms with Gasteiger partial charge in [-0.2, -0.15) is 5.10 Å². The maximum absolute atomic E-state index is 12.6. The van der Waals surface area contributed by atoms with Crippen LogP contribution in [0.1, 0.15) is 21.5 Å². The lowest BCUT2D eigenvalue weighted by Gasteiger charge is -2.16. The Morgan fingerprint density at radius 1 is 1.06 bits per heavy atom. The summed E-state index contributed by atoms with van der Waals surface area (Å²) in [5.74, 6) is -3.09. The number of hydrogen-bond donors (Lipinski definition) is 3. The van der Waals surface area contributed by atoms with Gasteiger partial charge in [0, 0.05) is 13.5 Å². The van der Waals surface area contributed by atoms with Gasteiger partial charge in [-0.3, -0.25) is 14.4 Å². The first-order valence-corrected chi connectivity index (χ1v) is 10.7. The molecule has 2 aromatic carbocycles. The molecule has 0 saturated carbocycles. The van der Waals surface area contributed by atoms with Crippen LogP contribution in [-0.2, 0) is 29.5 Å². The molecule has 3 rings (SSSR count). The highest BCUT2D eigenvalue weighted by molar-refractivity contribution is 6.39. The molecule has 3 aromatic rings. The van der Waals surface area contributed by atoms with Crippen LogP contribution in [0.3, 0.4) is 0 Å². The SMILES string of the molecule is Cn1ncc(CC(=O)O)c(-c2ccc(C[C@H](NC(=O)c3c(Cl)cccc3Cl)C(=O)O)cc2)c1=O. The molecule has 0 bridgehead atoms. The summed E-state index contributed by atoms with van der Waals surface area (Å²) >= 11 is 12.1. The van der Waals surface area contributed by atoms with E-state index in [1.54, 1.807) is 30.3 Å². The predicted molar refractivity (Wildman–Crippen MR) is 125 cm³/mol. The topological polar surface area (TPSA) is 139 Å². The second-order valence-corrected chi connectivity index (χ2v) is 8.22. The Labute approximate surface area is 203 Å². The number of amides is 1. The number of carbonyl (C=O) groups excluding carboxylic acids is 1. The van der Waals surface area contributed by atoms with Crippen molar-refractivity contribution in [3.8, 4) is 11.1 Å². The summed E-state index contributed by atoms with van der Waals surface area (Å²) in [7, 11) is 1.45. The van der Waals surface area contributed by atoms with E-state index in [9.17, 15) is 24.3 Å². The minimum Gasteiger partial charge on any atom is -0.481 e. The number of nitrogens with one attached hydrogen (secondary N) is 1. The van der Waals surface area contributed by atoms with Crippen LogP contribution in [0, 0.1) is 0 Å². The van der Waals surface area contributed by atoms with Crippen LogP contribution in [0.4, 0.5) is 0 Å². The predicted octanol–water partition coefficient (Wildman–Crippen LogP) is 2.81. The van der Waals surface area contributed by atoms with Gasteiger partial charge in [0.25, 0.3) is 11.5 Å². The maximum atomic E-state index is 12.6. The highest BCUT2D eigenvalue weighted by Crippen LogP contribution is 2.25. The first kappa shape index (κ1) is 24.9. The van der Waals surface area contributed by atoms with Crippen LogP contribution in [0.15, 0.2) is 53.5 Å². The number of rotatable bonds is 8. The summed E-state index contributed by atoms with van der Waals surface area (Å²) in [5, 5.41) is 25.2. The molecule has 0 unspecified atom stereocenters. The van der Waals surface area contributed by atoms with Gasteiger partial charge in [-0.25, -0.2) is 9.48 Å². The summed E-state index contributed by atoms with van der Waals surface area (Å²) < 4.78 is 1.10. The fraction of sp³-hybridized carbons (Fsp3) is 0.174. The Balaban J connectivity index is 1.85. The molecule has 0 radical (unpaired) electrons. The molecule has 0 aliphatic carbocycles. The van der Waals surface area contributed by atoms with Crippen LogP contribution in [-0.4, -0.2) is 43.9 Å². The average molecular weight is 504 g/mol. The largest absolute Gasteiger partial charge is 0.481 e. The summed E-state index contributed by atoms with van der Waals surface area (Å²) in [4.78, 5) is 48.1. The molecule has 0 aliphatic heterocycles. The Bertz CT molecular complexity index is 1300. The Hall–Kier alpha value is -3.69. The van der Waals surface area contributed by atoms with Gasteiger partial charge in [-0.05, 0) is 28.8 Å². The van der Waals surface area contributed by atoms with E-state index in [0.717, 1.165) is 4.68 Å². The van der Waals surface area contributed by atoms with Gasteiger partial charge in [0.15, 0.2) is 0 Å². The Morgan fingerprint density at radius 2 is 1.68 bits per heavy atom. The maximum Gasteiger partial charge on any atom is 0.326 e. The lowest BCUT2D eigenvalue weighted by molar-refractivity contribution is -0.139. The molecule has 1 aromatic heterocycles. The van der Waals surface area contributed by atoms with Crippen LogP contribution < -0.4 is 10.9 Å². The van der Waals surface area contributed by atoms with Crippen molar-refractivity contribution in [1.29, 1.82) is 0 Å². The number of halogens is 2. The van der Waals surface area contributed by atoms with Crippen LogP contribution in [0.5, 0.6) is 0 Å². The molecule has 0 spiro atoms. The molecule has 1 atom stereocenters. The lowest BCUT2D eigenvalue weighted by Crippen LogP contribution is -2.42. The third-order valence-corrected chi connectivity index (χ3v) is 5.66. The van der Waals surface area contributed by atoms with Gasteiger partial charge in [0.2, 0.25) is 0 Å². The summed E-state index contributed by atoms with van der Waals surface area (Å²) in [6, 6.07) is 9.61. The van der Waals surface area contributed by atoms with Gasteiger partial charge in [-0.15, -0.1) is 0 Å². The third-order valence-electron chi connectivity index (χ3n) is 5.03. The molecule has 0 fully saturated rings. The zero-order chi connectivity index (χ0) is 25.0. The number of benzene rings is 2. The smallest absolute Gasteiger partial charge is 0.326 e. The molecule has 0 aliphatic rings. The van der Waals surface area contributed by atoms with Crippen molar-refractivity contribution in [2.24, 2.45) is 7.05 Å². The number of hydrogen-bond acceptors (Lipinski definition) is 5. The van der Waals surface area contributed by atoms with Crippen molar-refractivity contribution in [3.05, 3.63) is 85.8 Å². The highest BCUT2D eigenvalue weighted by atomic mass is 35.5. The average Bonchev–Trinajstić information content (AvgIpc) is 2.76. The van der Waals surface area contributed by atoms with Gasteiger partial charge >= 0.3 is 11.9 Å². The van der Waals surface area contributed by atoms with E-state index in [0.29, 0.717) is 11.1 Å². The lowest BCUT2D eigenvalue weighted by atomic mass is 9.97. The number of carboxylic acid groups (broad SMARTS) is 2. The second kappa shape index (κ2) is 10.5. The van der Waals surface area contributed by atoms with Crippen LogP contribution in [0.25, 0.3) is 11.1 Å². The first-order valence-electron chi connectivity index (χ1n) is 9.92. The third kappa shape index (κ3) is 5.62. The molecule has 34 heavy (non-hydrogen) atoms. The molecule has 9 nitrogen and oxygen atoms in total. The summed E-state index contributed by atoms with van der Waals surface area (Å²) in [6.07, 6.45) is 0.895. The molecule has 176 valence electrons. The molecule has 11 heteroatoms. The van der Waals surface area contributed by atoms with E-state index in [4.69, 9.17) is 28.3 Å². The number of aliphatic carboxylic acids is 2. The van der Waals surface area contributed by atoms with Crippen molar-refractivity contribution in [2.45, 2.75) is 18.9 Å². The van der Waals surface area contributed by atoms with E-state index < -0.39 is 29.4 Å². The van der Waals surface area contributed by atoms with Gasteiger partial charge in [-0.1, -0.05) is 53.5 Å². The molecule has 1 heterocycles. The monoisotopic (exact) mass is 503 g/mol. The van der Waals surface area contributed by atoms with Gasteiger partial charge in [0.05, 0.1) is 33.8 Å². The number of nitrogens with zero attached hydrogens (tertiary/aromatic N) is 2. The van der Waals surface area contributed by atoms with E-state index in [-0.39, 0.29) is 39.6 Å². The fourth-order valence-corrected chi connectivity index (χ4v) is 3.94.